The Bertz CT molecular complexity index is 1450. The van der Waals surface area contributed by atoms with Gasteiger partial charge in [0.2, 0.25) is 0 Å². The van der Waals surface area contributed by atoms with Crippen LogP contribution in [0.1, 0.15) is 418 Å². The lowest BCUT2D eigenvalue weighted by Gasteiger charge is -2.26. The third kappa shape index (κ3) is 71.5. The van der Waals surface area contributed by atoms with Crippen molar-refractivity contribution in [1.82, 2.24) is 0 Å². The molecule has 0 aliphatic rings. The lowest BCUT2D eigenvalue weighted by Crippen LogP contribution is -2.44. The Labute approximate surface area is 548 Å². The summed E-state index contributed by atoms with van der Waals surface area (Å²) in [6.07, 6.45) is 84.9. The maximum Gasteiger partial charge on any atom is 0.306 e. The van der Waals surface area contributed by atoms with Gasteiger partial charge in [-0.05, 0) is 38.5 Å². The minimum absolute atomic E-state index is 0.152. The molecule has 0 bridgehead atoms. The summed E-state index contributed by atoms with van der Waals surface area (Å²) in [5.74, 6) is -2.25. The van der Waals surface area contributed by atoms with Crippen LogP contribution in [0.4, 0.5) is 0 Å². The molecule has 0 fully saturated rings. The van der Waals surface area contributed by atoms with Crippen molar-refractivity contribution >= 4 is 17.9 Å². The van der Waals surface area contributed by atoms with E-state index >= 15 is 0 Å². The first-order chi connectivity index (χ1) is 43.1. The van der Waals surface area contributed by atoms with Crippen LogP contribution in [0.25, 0.3) is 0 Å². The quantitative estimate of drug-likeness (QED) is 0.0195. The van der Waals surface area contributed by atoms with Crippen LogP contribution >= 0.6 is 0 Å². The highest BCUT2D eigenvalue weighted by Crippen LogP contribution is 2.20. The number of quaternary nitrogens is 1. The van der Waals surface area contributed by atoms with Gasteiger partial charge >= 0.3 is 11.9 Å². The molecule has 0 aromatic rings. The van der Waals surface area contributed by atoms with E-state index in [0.29, 0.717) is 17.4 Å². The second kappa shape index (κ2) is 70.9. The van der Waals surface area contributed by atoms with Crippen LogP contribution < -0.4 is 5.11 Å². The van der Waals surface area contributed by atoms with E-state index < -0.39 is 24.3 Å². The van der Waals surface area contributed by atoms with Crippen LogP contribution in [0, 0.1) is 0 Å². The van der Waals surface area contributed by atoms with Gasteiger partial charge in [0.1, 0.15) is 13.2 Å². The third-order valence-electron chi connectivity index (χ3n) is 18.3. The standard InChI is InChI=1S/C79H153NO8/c1-6-8-10-12-14-16-18-20-22-24-26-28-30-31-32-33-34-35-36-37-38-39-40-41-42-43-44-45-46-48-49-51-53-55-57-59-61-63-65-67-69-76(81)86-73-75(74-87-79(78(83)84)85-72-71-80(3,4)5)88-77(82)70-68-66-64-62-60-58-56-54-52-50-47-29-27-25-23-21-19-17-15-13-11-9-7-2/h25,27,75,79H,6-24,26,28-74H2,1-5H3/b27-25-. The molecule has 0 aromatic heterocycles. The van der Waals surface area contributed by atoms with Crippen LogP contribution in [-0.2, 0) is 33.3 Å². The molecule has 9 nitrogen and oxygen atoms in total. The van der Waals surface area contributed by atoms with Crippen LogP contribution in [0.15, 0.2) is 12.2 Å². The molecule has 0 aliphatic heterocycles. The first-order valence-corrected chi connectivity index (χ1v) is 39.3. The number of hydrogen-bond acceptors (Lipinski definition) is 8. The molecular formula is C79H153NO8. The first-order valence-electron chi connectivity index (χ1n) is 39.3. The fraction of sp³-hybridized carbons (Fsp3) is 0.937. The van der Waals surface area contributed by atoms with Gasteiger partial charge in [0.15, 0.2) is 12.4 Å². The summed E-state index contributed by atoms with van der Waals surface area (Å²) >= 11 is 0. The highest BCUT2D eigenvalue weighted by atomic mass is 16.7. The Morgan fingerprint density at radius 2 is 0.580 bits per heavy atom. The molecule has 0 radical (unpaired) electrons. The fourth-order valence-corrected chi connectivity index (χ4v) is 12.2. The summed E-state index contributed by atoms with van der Waals surface area (Å²) in [4.78, 5) is 37.5. The van der Waals surface area contributed by atoms with Crippen molar-refractivity contribution in [1.29, 1.82) is 0 Å². The number of carboxylic acid groups (broad SMARTS) is 1. The average Bonchev–Trinajstić information content (AvgIpc) is 3.51. The van der Waals surface area contributed by atoms with Gasteiger partial charge in [-0.15, -0.1) is 0 Å². The minimum atomic E-state index is -1.62. The summed E-state index contributed by atoms with van der Waals surface area (Å²) < 4.78 is 22.9. The van der Waals surface area contributed by atoms with Crippen LogP contribution in [-0.4, -0.2) is 82.3 Å². The molecule has 0 aliphatic carbocycles. The van der Waals surface area contributed by atoms with Gasteiger partial charge < -0.3 is 33.3 Å². The minimum Gasteiger partial charge on any atom is -0.545 e. The Balaban J connectivity index is 3.90. The molecule has 0 saturated carbocycles. The van der Waals surface area contributed by atoms with Gasteiger partial charge in [-0.1, -0.05) is 379 Å². The van der Waals surface area contributed by atoms with Crippen LogP contribution in [0.2, 0.25) is 0 Å². The Morgan fingerprint density at radius 1 is 0.330 bits per heavy atom. The number of rotatable bonds is 75. The van der Waals surface area contributed by atoms with Gasteiger partial charge in [0.05, 0.1) is 40.3 Å². The van der Waals surface area contributed by atoms with Gasteiger partial charge in [-0.2, -0.15) is 0 Å². The average molecular weight is 1250 g/mol. The molecule has 0 amide bonds. The number of carbonyl (C=O) groups excluding carboxylic acids is 3. The lowest BCUT2D eigenvalue weighted by molar-refractivity contribution is -0.870. The van der Waals surface area contributed by atoms with Crippen molar-refractivity contribution in [3.05, 3.63) is 12.2 Å². The zero-order chi connectivity index (χ0) is 64.0. The summed E-state index contributed by atoms with van der Waals surface area (Å²) in [6, 6.07) is 0. The number of allylic oxidation sites excluding steroid dienone is 2. The number of nitrogens with zero attached hydrogens (tertiary/aromatic N) is 1. The maximum atomic E-state index is 12.9. The van der Waals surface area contributed by atoms with Crippen molar-refractivity contribution in [2.75, 3.05) is 47.5 Å². The summed E-state index contributed by atoms with van der Waals surface area (Å²) in [5, 5.41) is 11.8. The van der Waals surface area contributed by atoms with Crippen molar-refractivity contribution in [3.8, 4) is 0 Å². The SMILES string of the molecule is CCCCCCCCCC/C=C\CCCCCCCCCCCCCC(=O)OC(COC(=O)CCCCCCCCCCCCCCCCCCCCCCCCCCCCCCCCCCCCCCCCCC)COC(OCC[N+](C)(C)C)C(=O)[O-]. The van der Waals surface area contributed by atoms with E-state index in [9.17, 15) is 19.5 Å². The molecule has 0 spiro atoms. The molecule has 0 saturated heterocycles. The van der Waals surface area contributed by atoms with E-state index in [1.54, 1.807) is 0 Å². The zero-order valence-electron chi connectivity index (χ0n) is 59.9. The number of carbonyl (C=O) groups is 3. The van der Waals surface area contributed by atoms with E-state index in [0.717, 1.165) is 38.5 Å². The van der Waals surface area contributed by atoms with Gasteiger partial charge in [-0.25, -0.2) is 0 Å². The number of aliphatic carboxylic acids is 1. The van der Waals surface area contributed by atoms with Gasteiger partial charge in [-0.3, -0.25) is 9.59 Å². The highest BCUT2D eigenvalue weighted by Gasteiger charge is 2.22. The second-order valence-corrected chi connectivity index (χ2v) is 28.4. The van der Waals surface area contributed by atoms with Crippen molar-refractivity contribution in [2.45, 2.75) is 431 Å². The molecule has 88 heavy (non-hydrogen) atoms. The molecule has 522 valence electrons. The topological polar surface area (TPSA) is 111 Å². The van der Waals surface area contributed by atoms with Crippen molar-refractivity contribution in [3.63, 3.8) is 0 Å². The molecule has 9 heteroatoms. The monoisotopic (exact) mass is 1240 g/mol. The molecule has 2 unspecified atom stereocenters. The molecule has 2 atom stereocenters. The maximum absolute atomic E-state index is 12.9. The third-order valence-corrected chi connectivity index (χ3v) is 18.3. The molecule has 0 N–H and O–H groups in total. The zero-order valence-corrected chi connectivity index (χ0v) is 59.9. The number of unbranched alkanes of at least 4 members (excludes halogenated alkanes) is 58. The first kappa shape index (κ1) is 86.0. The van der Waals surface area contributed by atoms with Crippen LogP contribution in [0.3, 0.4) is 0 Å². The number of esters is 2. The fourth-order valence-electron chi connectivity index (χ4n) is 12.2. The predicted octanol–water partition coefficient (Wildman–Crippen LogP) is 23.4. The van der Waals surface area contributed by atoms with E-state index in [4.69, 9.17) is 18.9 Å². The largest absolute Gasteiger partial charge is 0.545 e. The summed E-state index contributed by atoms with van der Waals surface area (Å²) in [6.45, 7) is 4.83. The number of hydrogen-bond donors (Lipinski definition) is 0. The van der Waals surface area contributed by atoms with Crippen molar-refractivity contribution < 1.29 is 42.9 Å². The Morgan fingerprint density at radius 3 is 0.841 bits per heavy atom. The normalized spacial score (nSPS) is 12.6. The summed E-state index contributed by atoms with van der Waals surface area (Å²) in [5.41, 5.74) is 0. The molecule has 0 rings (SSSR count). The summed E-state index contributed by atoms with van der Waals surface area (Å²) in [7, 11) is 5.95. The van der Waals surface area contributed by atoms with Crippen LogP contribution in [0.5, 0.6) is 0 Å². The second-order valence-electron chi connectivity index (χ2n) is 28.4. The molecule has 0 aromatic carbocycles. The molecular weight excluding hydrogens is 1090 g/mol. The van der Waals surface area contributed by atoms with Crippen molar-refractivity contribution in [2.24, 2.45) is 0 Å². The molecule has 0 heterocycles. The smallest absolute Gasteiger partial charge is 0.306 e. The number of carboxylic acids is 1. The van der Waals surface area contributed by atoms with Gasteiger partial charge in [0, 0.05) is 12.8 Å². The number of likely N-dealkylation sites (N-methyl/N-ethyl adjacent to an activating group) is 1. The Kier molecular flexibility index (Phi) is 69.3. The van der Waals surface area contributed by atoms with E-state index in [2.05, 4.69) is 26.0 Å². The van der Waals surface area contributed by atoms with Gasteiger partial charge in [0.25, 0.3) is 0 Å². The van der Waals surface area contributed by atoms with E-state index in [-0.39, 0.29) is 32.2 Å². The predicted molar refractivity (Wildman–Crippen MR) is 376 cm³/mol. The lowest BCUT2D eigenvalue weighted by atomic mass is 10.0. The number of ether oxygens (including phenoxy) is 4. The Hall–Kier alpha value is -1.97. The van der Waals surface area contributed by atoms with E-state index in [1.807, 2.05) is 21.1 Å². The van der Waals surface area contributed by atoms with E-state index in [1.165, 1.54) is 353 Å². The highest BCUT2D eigenvalue weighted by molar-refractivity contribution is 5.70.